The number of hydrogen-bond donors (Lipinski definition) is 1. The van der Waals surface area contributed by atoms with Crippen molar-refractivity contribution in [2.75, 3.05) is 13.1 Å². The molecule has 0 atom stereocenters. The Kier molecular flexibility index (Phi) is 5.10. The van der Waals surface area contributed by atoms with Gasteiger partial charge in [0.1, 0.15) is 0 Å². The summed E-state index contributed by atoms with van der Waals surface area (Å²) in [5.74, 6) is 0.717. The summed E-state index contributed by atoms with van der Waals surface area (Å²) in [4.78, 5) is 4.01. The molecule has 4 nitrogen and oxygen atoms in total. The molecule has 0 saturated carbocycles. The van der Waals surface area contributed by atoms with Gasteiger partial charge < -0.3 is 5.32 Å². The fourth-order valence-corrected chi connectivity index (χ4v) is 1.94. The first kappa shape index (κ1) is 13.7. The zero-order chi connectivity index (χ0) is 13.5. The highest BCUT2D eigenvalue weighted by Gasteiger charge is 2.00. The number of aryl methyl sites for hydroxylation is 1. The van der Waals surface area contributed by atoms with E-state index in [2.05, 4.69) is 35.4 Å². The van der Waals surface area contributed by atoms with E-state index in [1.54, 1.807) is 12.4 Å². The molecule has 2 heterocycles. The van der Waals surface area contributed by atoms with Gasteiger partial charge in [-0.3, -0.25) is 4.98 Å². The number of nitrogens with zero attached hydrogens (tertiary/aromatic N) is 3. The Morgan fingerprint density at radius 1 is 1.26 bits per heavy atom. The highest BCUT2D eigenvalue weighted by atomic mass is 15.3. The second-order valence-corrected chi connectivity index (χ2v) is 5.20. The van der Waals surface area contributed by atoms with Crippen LogP contribution in [0.2, 0.25) is 0 Å². The summed E-state index contributed by atoms with van der Waals surface area (Å²) in [7, 11) is 0. The summed E-state index contributed by atoms with van der Waals surface area (Å²) < 4.78 is 1.90. The smallest absolute Gasteiger partial charge is 0.0676 e. The molecule has 0 saturated heterocycles. The molecule has 0 aliphatic heterocycles. The lowest BCUT2D eigenvalue weighted by atomic mass is 10.2. The monoisotopic (exact) mass is 258 g/mol. The van der Waals surface area contributed by atoms with Crippen LogP contribution < -0.4 is 5.32 Å². The normalized spacial score (nSPS) is 11.1. The van der Waals surface area contributed by atoms with Gasteiger partial charge >= 0.3 is 0 Å². The van der Waals surface area contributed by atoms with Gasteiger partial charge in [-0.05, 0) is 49.5 Å². The zero-order valence-corrected chi connectivity index (χ0v) is 11.7. The van der Waals surface area contributed by atoms with E-state index in [1.165, 1.54) is 5.56 Å². The van der Waals surface area contributed by atoms with Crippen LogP contribution in [0.25, 0.3) is 5.69 Å². The summed E-state index contributed by atoms with van der Waals surface area (Å²) in [6.45, 7) is 6.62. The second-order valence-electron chi connectivity index (χ2n) is 5.20. The first-order valence-corrected chi connectivity index (χ1v) is 6.90. The Hall–Kier alpha value is -1.68. The zero-order valence-electron chi connectivity index (χ0n) is 11.7. The van der Waals surface area contributed by atoms with E-state index in [0.29, 0.717) is 0 Å². The largest absolute Gasteiger partial charge is 0.316 e. The third-order valence-electron chi connectivity index (χ3n) is 2.93. The molecule has 0 fully saturated rings. The number of hydrogen-bond acceptors (Lipinski definition) is 3. The molecule has 0 aliphatic carbocycles. The first-order valence-electron chi connectivity index (χ1n) is 6.90. The van der Waals surface area contributed by atoms with Crippen molar-refractivity contribution in [3.8, 4) is 5.69 Å². The molecule has 2 aromatic rings. The lowest BCUT2D eigenvalue weighted by Gasteiger charge is -2.06. The van der Waals surface area contributed by atoms with Crippen LogP contribution in [0.4, 0.5) is 0 Å². The molecule has 1 N–H and O–H groups in total. The molecular weight excluding hydrogens is 236 g/mol. The molecule has 0 spiro atoms. The summed E-state index contributed by atoms with van der Waals surface area (Å²) >= 11 is 0. The van der Waals surface area contributed by atoms with Crippen LogP contribution >= 0.6 is 0 Å². The van der Waals surface area contributed by atoms with E-state index in [1.807, 2.05) is 23.0 Å². The molecule has 2 aromatic heterocycles. The third-order valence-corrected chi connectivity index (χ3v) is 2.93. The van der Waals surface area contributed by atoms with Gasteiger partial charge in [0.2, 0.25) is 0 Å². The van der Waals surface area contributed by atoms with Gasteiger partial charge in [0.15, 0.2) is 0 Å². The summed E-state index contributed by atoms with van der Waals surface area (Å²) in [5, 5.41) is 7.84. The molecule has 102 valence electrons. The van der Waals surface area contributed by atoms with Gasteiger partial charge in [0.25, 0.3) is 0 Å². The first-order chi connectivity index (χ1) is 9.25. The van der Waals surface area contributed by atoms with Crippen molar-refractivity contribution in [1.29, 1.82) is 0 Å². The summed E-state index contributed by atoms with van der Waals surface area (Å²) in [6.07, 6.45) is 9.82. The quantitative estimate of drug-likeness (QED) is 0.776. The SMILES string of the molecule is CC(C)CNCCCc1cnn(-c2ccncc2)c1. The Morgan fingerprint density at radius 3 is 2.79 bits per heavy atom. The van der Waals surface area contributed by atoms with Crippen molar-refractivity contribution in [2.45, 2.75) is 26.7 Å². The van der Waals surface area contributed by atoms with Gasteiger partial charge in [-0.2, -0.15) is 5.10 Å². The lowest BCUT2D eigenvalue weighted by molar-refractivity contribution is 0.543. The van der Waals surface area contributed by atoms with Crippen molar-refractivity contribution in [2.24, 2.45) is 5.92 Å². The Balaban J connectivity index is 1.78. The van der Waals surface area contributed by atoms with Crippen LogP contribution in [0.5, 0.6) is 0 Å². The maximum atomic E-state index is 4.38. The standard InChI is InChI=1S/C15H22N4/c1-13(2)10-17-7-3-4-14-11-18-19(12-14)15-5-8-16-9-6-15/h5-6,8-9,11-13,17H,3-4,7,10H2,1-2H3. The molecule has 0 amide bonds. The number of nitrogens with one attached hydrogen (secondary N) is 1. The molecule has 4 heteroatoms. The van der Waals surface area contributed by atoms with E-state index >= 15 is 0 Å². The van der Waals surface area contributed by atoms with Gasteiger partial charge in [0, 0.05) is 18.6 Å². The molecule has 0 aliphatic rings. The minimum Gasteiger partial charge on any atom is -0.316 e. The van der Waals surface area contributed by atoms with E-state index < -0.39 is 0 Å². The molecule has 0 bridgehead atoms. The molecular formula is C15H22N4. The van der Waals surface area contributed by atoms with Crippen LogP contribution in [0.3, 0.4) is 0 Å². The van der Waals surface area contributed by atoms with Crippen molar-refractivity contribution >= 4 is 0 Å². The van der Waals surface area contributed by atoms with Gasteiger partial charge in [-0.1, -0.05) is 13.8 Å². The average molecular weight is 258 g/mol. The topological polar surface area (TPSA) is 42.7 Å². The van der Waals surface area contributed by atoms with Crippen molar-refractivity contribution in [3.05, 3.63) is 42.5 Å². The van der Waals surface area contributed by atoms with Crippen LogP contribution in [0.1, 0.15) is 25.8 Å². The molecule has 2 rings (SSSR count). The van der Waals surface area contributed by atoms with E-state index in [0.717, 1.165) is 37.5 Å². The number of rotatable bonds is 7. The van der Waals surface area contributed by atoms with Crippen molar-refractivity contribution in [1.82, 2.24) is 20.1 Å². The minimum atomic E-state index is 0.717. The summed E-state index contributed by atoms with van der Waals surface area (Å²) in [5.41, 5.74) is 2.34. The summed E-state index contributed by atoms with van der Waals surface area (Å²) in [6, 6.07) is 3.92. The number of aromatic nitrogens is 3. The fraction of sp³-hybridized carbons (Fsp3) is 0.467. The average Bonchev–Trinajstić information content (AvgIpc) is 2.88. The second kappa shape index (κ2) is 7.04. The fourth-order valence-electron chi connectivity index (χ4n) is 1.94. The third kappa shape index (κ3) is 4.48. The van der Waals surface area contributed by atoms with Crippen LogP contribution in [-0.2, 0) is 6.42 Å². The molecule has 0 radical (unpaired) electrons. The maximum absolute atomic E-state index is 4.38. The minimum absolute atomic E-state index is 0.717. The number of pyridine rings is 1. The molecule has 19 heavy (non-hydrogen) atoms. The molecule has 0 aromatic carbocycles. The van der Waals surface area contributed by atoms with E-state index in [9.17, 15) is 0 Å². The Morgan fingerprint density at radius 2 is 2.05 bits per heavy atom. The van der Waals surface area contributed by atoms with Crippen molar-refractivity contribution < 1.29 is 0 Å². The predicted octanol–water partition coefficient (Wildman–Crippen LogP) is 2.45. The lowest BCUT2D eigenvalue weighted by Crippen LogP contribution is -2.20. The van der Waals surface area contributed by atoms with Crippen LogP contribution in [0, 0.1) is 5.92 Å². The van der Waals surface area contributed by atoms with E-state index in [4.69, 9.17) is 0 Å². The highest BCUT2D eigenvalue weighted by molar-refractivity contribution is 5.28. The molecule has 0 unspecified atom stereocenters. The van der Waals surface area contributed by atoms with Gasteiger partial charge in [-0.25, -0.2) is 4.68 Å². The highest BCUT2D eigenvalue weighted by Crippen LogP contribution is 2.08. The van der Waals surface area contributed by atoms with Crippen LogP contribution in [-0.4, -0.2) is 27.9 Å². The Labute approximate surface area is 114 Å². The predicted molar refractivity (Wildman–Crippen MR) is 77.4 cm³/mol. The van der Waals surface area contributed by atoms with Gasteiger partial charge in [0.05, 0.1) is 11.9 Å². The maximum Gasteiger partial charge on any atom is 0.0676 e. The van der Waals surface area contributed by atoms with Crippen molar-refractivity contribution in [3.63, 3.8) is 0 Å². The van der Waals surface area contributed by atoms with E-state index in [-0.39, 0.29) is 0 Å². The Bertz CT molecular complexity index is 476. The van der Waals surface area contributed by atoms with Gasteiger partial charge in [-0.15, -0.1) is 0 Å². The van der Waals surface area contributed by atoms with Crippen LogP contribution in [0.15, 0.2) is 36.9 Å².